The molecule has 1 saturated heterocycles. The smallest absolute Gasteiger partial charge is 0.233 e. The standard InChI is InChI=1S/C23H25Cl2N3O.C19H25Cl2N3O/c1-16(2)22-14-23(26-28(22)19-7-8-20(24)21(25)13-19)29-12-11-27-10-9-17-5-3-4-6-18(17)15-27;1-14(2)18-13-19(25-11-10-23-8-4-3-5-9-23)22-24(18)15-6-7-16(20)17(21)12-15/h3-8,13-14,16H,9-12,15H2,1-2H3;6-7,12-14H,3-5,8-11H2,1-2H3. The molecule has 0 aliphatic carbocycles. The van der Waals surface area contributed by atoms with E-state index in [1.807, 2.05) is 45.8 Å². The maximum absolute atomic E-state index is 6.20. The molecule has 0 amide bonds. The fourth-order valence-electron chi connectivity index (χ4n) is 6.84. The van der Waals surface area contributed by atoms with Crippen LogP contribution >= 0.6 is 46.4 Å². The lowest BCUT2D eigenvalue weighted by Crippen LogP contribution is -2.33. The van der Waals surface area contributed by atoms with Crippen LogP contribution in [0, 0.1) is 0 Å². The molecular formula is C42H50Cl4N6O2. The zero-order valence-electron chi connectivity index (χ0n) is 31.6. The Kier molecular flexibility index (Phi) is 14.3. The Morgan fingerprint density at radius 1 is 0.574 bits per heavy atom. The van der Waals surface area contributed by atoms with E-state index >= 15 is 0 Å². The zero-order chi connectivity index (χ0) is 38.2. The molecule has 0 bridgehead atoms. The maximum Gasteiger partial charge on any atom is 0.233 e. The molecule has 7 rings (SSSR count). The van der Waals surface area contributed by atoms with Crippen LogP contribution in [-0.2, 0) is 13.0 Å². The van der Waals surface area contributed by atoms with Gasteiger partial charge in [-0.2, -0.15) is 0 Å². The van der Waals surface area contributed by atoms with Gasteiger partial charge in [0.2, 0.25) is 11.8 Å². The Morgan fingerprint density at radius 2 is 1.07 bits per heavy atom. The number of fused-ring (bicyclic) bond motifs is 1. The van der Waals surface area contributed by atoms with Crippen LogP contribution < -0.4 is 9.47 Å². The molecule has 2 aromatic heterocycles. The normalized spacial score (nSPS) is 14.9. The quantitative estimate of drug-likeness (QED) is 0.125. The largest absolute Gasteiger partial charge is 0.475 e. The first-order chi connectivity index (χ1) is 26.0. The van der Waals surface area contributed by atoms with Crippen molar-refractivity contribution in [1.82, 2.24) is 29.4 Å². The molecule has 8 nitrogen and oxygen atoms in total. The number of hydrogen-bond acceptors (Lipinski definition) is 6. The molecule has 1 fully saturated rings. The van der Waals surface area contributed by atoms with E-state index < -0.39 is 0 Å². The second kappa shape index (κ2) is 19.1. The molecule has 3 aromatic carbocycles. The van der Waals surface area contributed by atoms with Crippen molar-refractivity contribution in [2.24, 2.45) is 0 Å². The Labute approximate surface area is 339 Å². The second-order valence-electron chi connectivity index (χ2n) is 14.5. The molecule has 0 atom stereocenters. The number of halogens is 4. The van der Waals surface area contributed by atoms with Gasteiger partial charge in [0, 0.05) is 38.3 Å². The van der Waals surface area contributed by atoms with Gasteiger partial charge in [0.25, 0.3) is 0 Å². The van der Waals surface area contributed by atoms with Crippen molar-refractivity contribution >= 4 is 46.4 Å². The summed E-state index contributed by atoms with van der Waals surface area (Å²) in [5.74, 6) is 1.92. The molecule has 2 aliphatic rings. The third kappa shape index (κ3) is 10.5. The first-order valence-corrected chi connectivity index (χ1v) is 20.4. The van der Waals surface area contributed by atoms with Gasteiger partial charge in [-0.3, -0.25) is 9.80 Å². The molecule has 2 aliphatic heterocycles. The van der Waals surface area contributed by atoms with Gasteiger partial charge < -0.3 is 9.47 Å². The van der Waals surface area contributed by atoms with Gasteiger partial charge in [0.15, 0.2) is 0 Å². The molecule has 0 radical (unpaired) electrons. The van der Waals surface area contributed by atoms with E-state index in [4.69, 9.17) is 55.9 Å². The summed E-state index contributed by atoms with van der Waals surface area (Å²) in [4.78, 5) is 4.89. The number of aromatic nitrogens is 4. The number of nitrogens with zero attached hydrogens (tertiary/aromatic N) is 6. The van der Waals surface area contributed by atoms with Crippen molar-refractivity contribution in [2.45, 2.75) is 71.8 Å². The minimum absolute atomic E-state index is 0.299. The third-order valence-electron chi connectivity index (χ3n) is 9.88. The van der Waals surface area contributed by atoms with Gasteiger partial charge in [0.05, 0.1) is 42.9 Å². The van der Waals surface area contributed by atoms with Crippen LogP contribution in [0.3, 0.4) is 0 Å². The Bertz CT molecular complexity index is 1990. The van der Waals surface area contributed by atoms with Gasteiger partial charge >= 0.3 is 0 Å². The number of hydrogen-bond donors (Lipinski definition) is 0. The summed E-state index contributed by atoms with van der Waals surface area (Å²) in [6, 6.07) is 23.8. The molecule has 54 heavy (non-hydrogen) atoms. The van der Waals surface area contributed by atoms with E-state index in [9.17, 15) is 0 Å². The Hall–Kier alpha value is -3.24. The number of benzene rings is 3. The Morgan fingerprint density at radius 3 is 1.57 bits per heavy atom. The van der Waals surface area contributed by atoms with Crippen molar-refractivity contribution < 1.29 is 9.47 Å². The van der Waals surface area contributed by atoms with Crippen LogP contribution in [0.15, 0.2) is 72.8 Å². The van der Waals surface area contributed by atoms with E-state index in [-0.39, 0.29) is 0 Å². The number of ether oxygens (including phenoxy) is 2. The van der Waals surface area contributed by atoms with Gasteiger partial charge in [0.1, 0.15) is 13.2 Å². The van der Waals surface area contributed by atoms with Crippen LogP contribution in [0.25, 0.3) is 11.4 Å². The summed E-state index contributed by atoms with van der Waals surface area (Å²) in [6.07, 6.45) is 5.04. The molecule has 0 spiro atoms. The zero-order valence-corrected chi connectivity index (χ0v) is 34.6. The SMILES string of the molecule is CC(C)c1cc(OCCN2CCCCC2)nn1-c1ccc(Cl)c(Cl)c1.CC(C)c1cc(OCCN2CCc3ccccc3C2)nn1-c1ccc(Cl)c(Cl)c1. The van der Waals surface area contributed by atoms with Crippen molar-refractivity contribution in [2.75, 3.05) is 45.9 Å². The van der Waals surface area contributed by atoms with Crippen molar-refractivity contribution in [1.29, 1.82) is 0 Å². The number of piperidine rings is 1. The fraction of sp³-hybridized carbons (Fsp3) is 0.429. The molecule has 5 aromatic rings. The van der Waals surface area contributed by atoms with Crippen molar-refractivity contribution in [3.8, 4) is 23.1 Å². The molecule has 288 valence electrons. The number of likely N-dealkylation sites (tertiary alicyclic amines) is 1. The summed E-state index contributed by atoms with van der Waals surface area (Å²) < 4.78 is 15.7. The predicted octanol–water partition coefficient (Wildman–Crippen LogP) is 10.9. The lowest BCUT2D eigenvalue weighted by Gasteiger charge is -2.28. The predicted molar refractivity (Wildman–Crippen MR) is 222 cm³/mol. The summed E-state index contributed by atoms with van der Waals surface area (Å²) >= 11 is 24.4. The molecule has 0 unspecified atom stereocenters. The highest BCUT2D eigenvalue weighted by Crippen LogP contribution is 2.30. The third-order valence-corrected chi connectivity index (χ3v) is 11.4. The monoisotopic (exact) mass is 810 g/mol. The van der Waals surface area contributed by atoms with Crippen LogP contribution in [0.2, 0.25) is 20.1 Å². The number of rotatable bonds is 12. The van der Waals surface area contributed by atoms with Crippen LogP contribution in [0.5, 0.6) is 11.8 Å². The molecule has 4 heterocycles. The van der Waals surface area contributed by atoms with E-state index in [2.05, 4.69) is 72.0 Å². The highest BCUT2D eigenvalue weighted by atomic mass is 35.5. The van der Waals surface area contributed by atoms with E-state index in [1.54, 1.807) is 12.1 Å². The molecule has 0 N–H and O–H groups in total. The summed E-state index contributed by atoms with van der Waals surface area (Å²) in [5, 5.41) is 11.4. The molecule has 0 saturated carbocycles. The summed E-state index contributed by atoms with van der Waals surface area (Å²) in [5.41, 5.74) is 6.82. The van der Waals surface area contributed by atoms with Gasteiger partial charge in [-0.15, -0.1) is 10.2 Å². The topological polar surface area (TPSA) is 60.6 Å². The summed E-state index contributed by atoms with van der Waals surface area (Å²) in [7, 11) is 0. The van der Waals surface area contributed by atoms with E-state index in [0.29, 0.717) is 56.9 Å². The molecular weight excluding hydrogens is 762 g/mol. The van der Waals surface area contributed by atoms with Gasteiger partial charge in [-0.05, 0) is 91.7 Å². The molecule has 12 heteroatoms. The van der Waals surface area contributed by atoms with Crippen LogP contribution in [-0.4, -0.2) is 75.3 Å². The van der Waals surface area contributed by atoms with Gasteiger partial charge in [-0.25, -0.2) is 9.36 Å². The maximum atomic E-state index is 6.20. The fourth-order valence-corrected chi connectivity index (χ4v) is 7.43. The van der Waals surface area contributed by atoms with E-state index in [1.165, 1.54) is 43.5 Å². The lowest BCUT2D eigenvalue weighted by atomic mass is 10.0. The lowest BCUT2D eigenvalue weighted by molar-refractivity contribution is 0.180. The van der Waals surface area contributed by atoms with Crippen LogP contribution in [0.1, 0.15) is 81.3 Å². The average molecular weight is 813 g/mol. The van der Waals surface area contributed by atoms with E-state index in [0.717, 1.165) is 55.4 Å². The highest BCUT2D eigenvalue weighted by molar-refractivity contribution is 6.42. The first-order valence-electron chi connectivity index (χ1n) is 18.9. The van der Waals surface area contributed by atoms with Crippen molar-refractivity contribution in [3.63, 3.8) is 0 Å². The van der Waals surface area contributed by atoms with Gasteiger partial charge in [-0.1, -0.05) is 105 Å². The van der Waals surface area contributed by atoms with Crippen LogP contribution in [0.4, 0.5) is 0 Å². The minimum Gasteiger partial charge on any atom is -0.475 e. The second-order valence-corrected chi connectivity index (χ2v) is 16.2. The minimum atomic E-state index is 0.299. The highest BCUT2D eigenvalue weighted by Gasteiger charge is 2.19. The first kappa shape index (κ1) is 40.4. The Balaban J connectivity index is 0.000000186. The van der Waals surface area contributed by atoms with Crippen molar-refractivity contribution in [3.05, 3.63) is 115 Å². The summed E-state index contributed by atoms with van der Waals surface area (Å²) in [6.45, 7) is 16.1. The average Bonchev–Trinajstić information content (AvgIpc) is 3.80.